The molecular formula is C15H15FN2O3S2. The highest BCUT2D eigenvalue weighted by atomic mass is 32.2. The van der Waals surface area contributed by atoms with Crippen LogP contribution in [0, 0.1) is 5.82 Å². The van der Waals surface area contributed by atoms with Gasteiger partial charge in [-0.2, -0.15) is 0 Å². The van der Waals surface area contributed by atoms with Crippen molar-refractivity contribution in [2.45, 2.75) is 18.9 Å². The maximum absolute atomic E-state index is 13.7. The number of nitrogens with one attached hydrogen (secondary N) is 1. The first-order chi connectivity index (χ1) is 10.9. The summed E-state index contributed by atoms with van der Waals surface area (Å²) in [6.45, 7) is 0. The number of benzene rings is 1. The van der Waals surface area contributed by atoms with Gasteiger partial charge in [-0.05, 0) is 18.6 Å². The fourth-order valence-electron chi connectivity index (χ4n) is 2.49. The van der Waals surface area contributed by atoms with Crippen molar-refractivity contribution in [3.63, 3.8) is 0 Å². The molecule has 1 fully saturated rings. The molecule has 2 heterocycles. The summed E-state index contributed by atoms with van der Waals surface area (Å²) in [5, 5.41) is 3.25. The van der Waals surface area contributed by atoms with Crippen LogP contribution in [0.15, 0.2) is 30.5 Å². The second-order valence-corrected chi connectivity index (χ2v) is 8.80. The van der Waals surface area contributed by atoms with Crippen molar-refractivity contribution in [1.29, 1.82) is 0 Å². The number of amides is 1. The summed E-state index contributed by atoms with van der Waals surface area (Å²) in [5.74, 6) is -0.470. The number of hydrogen-bond acceptors (Lipinski definition) is 5. The van der Waals surface area contributed by atoms with E-state index in [9.17, 15) is 17.6 Å². The Balaban J connectivity index is 1.63. The Morgan fingerprint density at radius 1 is 1.39 bits per heavy atom. The molecule has 23 heavy (non-hydrogen) atoms. The van der Waals surface area contributed by atoms with Gasteiger partial charge in [-0.25, -0.2) is 17.8 Å². The van der Waals surface area contributed by atoms with E-state index in [-0.39, 0.29) is 35.7 Å². The third kappa shape index (κ3) is 3.94. The topological polar surface area (TPSA) is 76.1 Å². The fraction of sp³-hybridized carbons (Fsp3) is 0.333. The van der Waals surface area contributed by atoms with E-state index in [0.717, 1.165) is 0 Å². The Bertz CT molecular complexity index is 833. The molecule has 1 aliphatic rings. The predicted octanol–water partition coefficient (Wildman–Crippen LogP) is 1.79. The molecule has 2 aromatic rings. The molecule has 1 aromatic carbocycles. The molecule has 0 spiro atoms. The minimum absolute atomic E-state index is 0.00189. The minimum Gasteiger partial charge on any atom is -0.352 e. The standard InChI is InChI=1S/C15H15FN2O3S2/c16-13-4-2-1-3-12(13)15-17-8-11(22-15)7-14(19)18-10-5-6-23(20,21)9-10/h1-4,8,10H,5-7,9H2,(H,18,19)/t10-/m1/s1. The molecule has 0 radical (unpaired) electrons. The number of aromatic nitrogens is 1. The third-order valence-electron chi connectivity index (χ3n) is 3.59. The summed E-state index contributed by atoms with van der Waals surface area (Å²) in [5.41, 5.74) is 0.408. The lowest BCUT2D eigenvalue weighted by Crippen LogP contribution is -2.36. The van der Waals surface area contributed by atoms with Gasteiger partial charge in [0.25, 0.3) is 0 Å². The maximum atomic E-state index is 13.7. The van der Waals surface area contributed by atoms with Gasteiger partial charge in [-0.3, -0.25) is 4.79 Å². The zero-order valence-corrected chi connectivity index (χ0v) is 13.8. The van der Waals surface area contributed by atoms with Crippen LogP contribution in [-0.2, 0) is 21.1 Å². The number of rotatable bonds is 4. The first kappa shape index (κ1) is 16.1. The van der Waals surface area contributed by atoms with Crippen molar-refractivity contribution >= 4 is 27.1 Å². The molecule has 1 aromatic heterocycles. The van der Waals surface area contributed by atoms with Crippen LogP contribution in [-0.4, -0.2) is 36.9 Å². The number of carbonyl (C=O) groups is 1. The summed E-state index contributed by atoms with van der Waals surface area (Å²) < 4.78 is 36.5. The zero-order chi connectivity index (χ0) is 16.4. The van der Waals surface area contributed by atoms with E-state index >= 15 is 0 Å². The van der Waals surface area contributed by atoms with Gasteiger partial charge < -0.3 is 5.32 Å². The summed E-state index contributed by atoms with van der Waals surface area (Å²) in [6, 6.07) is 6.03. The van der Waals surface area contributed by atoms with E-state index in [1.807, 2.05) is 0 Å². The number of thiazole rings is 1. The molecule has 1 saturated heterocycles. The van der Waals surface area contributed by atoms with Crippen molar-refractivity contribution in [3.05, 3.63) is 41.2 Å². The highest BCUT2D eigenvalue weighted by Gasteiger charge is 2.28. The molecule has 1 aliphatic heterocycles. The first-order valence-electron chi connectivity index (χ1n) is 7.12. The summed E-state index contributed by atoms with van der Waals surface area (Å²) in [7, 11) is -3.02. The fourth-order valence-corrected chi connectivity index (χ4v) is 5.11. The van der Waals surface area contributed by atoms with E-state index in [4.69, 9.17) is 0 Å². The minimum atomic E-state index is -3.02. The lowest BCUT2D eigenvalue weighted by atomic mass is 10.2. The highest BCUT2D eigenvalue weighted by Crippen LogP contribution is 2.27. The molecular weight excluding hydrogens is 339 g/mol. The number of halogens is 1. The van der Waals surface area contributed by atoms with Crippen molar-refractivity contribution in [2.24, 2.45) is 0 Å². The molecule has 0 unspecified atom stereocenters. The number of carbonyl (C=O) groups excluding carboxylic acids is 1. The maximum Gasteiger partial charge on any atom is 0.225 e. The van der Waals surface area contributed by atoms with Crippen molar-refractivity contribution in [2.75, 3.05) is 11.5 Å². The van der Waals surface area contributed by atoms with Crippen LogP contribution in [0.2, 0.25) is 0 Å². The summed E-state index contributed by atoms with van der Waals surface area (Å²) >= 11 is 1.26. The molecule has 122 valence electrons. The van der Waals surface area contributed by atoms with E-state index in [0.29, 0.717) is 21.9 Å². The van der Waals surface area contributed by atoms with Gasteiger partial charge in [0.15, 0.2) is 9.84 Å². The van der Waals surface area contributed by atoms with Crippen molar-refractivity contribution in [1.82, 2.24) is 10.3 Å². The average molecular weight is 354 g/mol. The van der Waals surface area contributed by atoms with Crippen LogP contribution >= 0.6 is 11.3 Å². The average Bonchev–Trinajstić information content (AvgIpc) is 3.06. The van der Waals surface area contributed by atoms with Gasteiger partial charge in [-0.1, -0.05) is 12.1 Å². The van der Waals surface area contributed by atoms with Crippen LogP contribution in [0.1, 0.15) is 11.3 Å². The molecule has 1 N–H and O–H groups in total. The Morgan fingerprint density at radius 2 is 2.17 bits per heavy atom. The monoisotopic (exact) mass is 354 g/mol. The smallest absolute Gasteiger partial charge is 0.225 e. The van der Waals surface area contributed by atoms with Crippen molar-refractivity contribution in [3.8, 4) is 10.6 Å². The lowest BCUT2D eigenvalue weighted by molar-refractivity contribution is -0.120. The van der Waals surface area contributed by atoms with Gasteiger partial charge in [0.1, 0.15) is 10.8 Å². The van der Waals surface area contributed by atoms with Gasteiger partial charge in [-0.15, -0.1) is 11.3 Å². The van der Waals surface area contributed by atoms with Crippen LogP contribution in [0.3, 0.4) is 0 Å². The SMILES string of the molecule is O=C(Cc1cnc(-c2ccccc2F)s1)N[C@@H]1CCS(=O)(=O)C1. The molecule has 8 heteroatoms. The van der Waals surface area contributed by atoms with E-state index < -0.39 is 9.84 Å². The van der Waals surface area contributed by atoms with Gasteiger partial charge in [0.05, 0.1) is 17.9 Å². The Hall–Kier alpha value is -1.80. The largest absolute Gasteiger partial charge is 0.352 e. The molecule has 5 nitrogen and oxygen atoms in total. The Labute approximate surface area is 137 Å². The predicted molar refractivity (Wildman–Crippen MR) is 86.4 cm³/mol. The Morgan fingerprint density at radius 3 is 2.87 bits per heavy atom. The van der Waals surface area contributed by atoms with Crippen LogP contribution in [0.25, 0.3) is 10.6 Å². The van der Waals surface area contributed by atoms with Gasteiger partial charge >= 0.3 is 0 Å². The molecule has 3 rings (SSSR count). The van der Waals surface area contributed by atoms with E-state index in [2.05, 4.69) is 10.3 Å². The zero-order valence-electron chi connectivity index (χ0n) is 12.2. The first-order valence-corrected chi connectivity index (χ1v) is 9.76. The van der Waals surface area contributed by atoms with Crippen LogP contribution in [0.5, 0.6) is 0 Å². The molecule has 0 aliphatic carbocycles. The van der Waals surface area contributed by atoms with Crippen molar-refractivity contribution < 1.29 is 17.6 Å². The van der Waals surface area contributed by atoms with Crippen LogP contribution < -0.4 is 5.32 Å². The number of sulfone groups is 1. The summed E-state index contributed by atoms with van der Waals surface area (Å²) in [6.07, 6.45) is 2.12. The number of hydrogen-bond donors (Lipinski definition) is 1. The normalized spacial score (nSPS) is 19.6. The molecule has 1 amide bonds. The van der Waals surface area contributed by atoms with Gasteiger partial charge in [0, 0.05) is 22.7 Å². The van der Waals surface area contributed by atoms with E-state index in [1.54, 1.807) is 24.4 Å². The quantitative estimate of drug-likeness (QED) is 0.908. The van der Waals surface area contributed by atoms with Crippen LogP contribution in [0.4, 0.5) is 4.39 Å². The van der Waals surface area contributed by atoms with Gasteiger partial charge in [0.2, 0.25) is 5.91 Å². The molecule has 0 saturated carbocycles. The van der Waals surface area contributed by atoms with E-state index in [1.165, 1.54) is 17.4 Å². The third-order valence-corrected chi connectivity index (χ3v) is 6.39. The second-order valence-electron chi connectivity index (χ2n) is 5.46. The second kappa shape index (κ2) is 6.37. The highest BCUT2D eigenvalue weighted by molar-refractivity contribution is 7.91. The Kier molecular flexibility index (Phi) is 4.45. The number of nitrogens with zero attached hydrogens (tertiary/aromatic N) is 1. The lowest BCUT2D eigenvalue weighted by Gasteiger charge is -2.09. The summed E-state index contributed by atoms with van der Waals surface area (Å²) in [4.78, 5) is 16.9. The molecule has 0 bridgehead atoms. The molecule has 1 atom stereocenters.